The summed E-state index contributed by atoms with van der Waals surface area (Å²) in [5.74, 6) is -0.517. The molecule has 0 bridgehead atoms. The number of hydrogen-bond acceptors (Lipinski definition) is 5. The molecule has 1 unspecified atom stereocenters. The molecule has 1 rings (SSSR count). The van der Waals surface area contributed by atoms with Crippen LogP contribution in [-0.4, -0.2) is 61.0 Å². The second-order valence-corrected chi connectivity index (χ2v) is 4.47. The van der Waals surface area contributed by atoms with E-state index in [0.29, 0.717) is 13.1 Å². The Bertz CT molecular complexity index is 300. The van der Waals surface area contributed by atoms with Crippen LogP contribution in [-0.2, 0) is 10.1 Å². The zero-order chi connectivity index (χ0) is 9.95. The van der Waals surface area contributed by atoms with Crippen molar-refractivity contribution >= 4 is 16.5 Å². The Balaban J connectivity index is 2.74. The van der Waals surface area contributed by atoms with Gasteiger partial charge in [-0.3, -0.25) is 4.48 Å². The average molecular weight is 208 g/mol. The molecular formula is C6H12N2O4S. The molecule has 0 saturated carbocycles. The van der Waals surface area contributed by atoms with Gasteiger partial charge in [-0.25, -0.2) is 13.4 Å². The summed E-state index contributed by atoms with van der Waals surface area (Å²) >= 11 is 0. The number of rotatable bonds is 4. The normalized spacial score (nSPS) is 28.2. The van der Waals surface area contributed by atoms with Crippen molar-refractivity contribution in [2.75, 3.05) is 32.1 Å². The molecule has 0 radical (unpaired) electrons. The Hall–Kier alpha value is -0.500. The molecule has 1 heterocycles. The number of aliphatic imine (C=N–C) groups is 1. The van der Waals surface area contributed by atoms with Crippen LogP contribution in [0.3, 0.4) is 0 Å². The van der Waals surface area contributed by atoms with Crippen molar-refractivity contribution in [3.8, 4) is 0 Å². The minimum Gasteiger partial charge on any atom is -0.744 e. The van der Waals surface area contributed by atoms with Crippen molar-refractivity contribution in [3.63, 3.8) is 0 Å². The Kier molecular flexibility index (Phi) is 3.01. The highest BCUT2D eigenvalue weighted by Crippen LogP contribution is 2.10. The van der Waals surface area contributed by atoms with Crippen molar-refractivity contribution in [1.29, 1.82) is 0 Å². The van der Waals surface area contributed by atoms with Crippen LogP contribution in [0.15, 0.2) is 4.99 Å². The standard InChI is InChI=1S/C6H12N2O4S/c9-4-3-8(2-1-7-5-8)6-13(10,11)12/h5,9H,1-4,6H2. The molecule has 1 N–H and O–H groups in total. The van der Waals surface area contributed by atoms with E-state index in [-0.39, 0.29) is 17.6 Å². The van der Waals surface area contributed by atoms with E-state index in [9.17, 15) is 13.0 Å². The van der Waals surface area contributed by atoms with Crippen LogP contribution in [0, 0.1) is 0 Å². The van der Waals surface area contributed by atoms with E-state index in [0.717, 1.165) is 0 Å². The summed E-state index contributed by atoms with van der Waals surface area (Å²) in [6.07, 6.45) is 1.44. The lowest BCUT2D eigenvalue weighted by Gasteiger charge is -2.30. The summed E-state index contributed by atoms with van der Waals surface area (Å²) in [4.78, 5) is 3.87. The van der Waals surface area contributed by atoms with Crippen molar-refractivity contribution in [3.05, 3.63) is 0 Å². The highest BCUT2D eigenvalue weighted by atomic mass is 32.2. The molecule has 13 heavy (non-hydrogen) atoms. The van der Waals surface area contributed by atoms with Gasteiger partial charge in [0, 0.05) is 0 Å². The Labute approximate surface area is 76.8 Å². The fourth-order valence-electron chi connectivity index (χ4n) is 1.39. The number of aliphatic hydroxyl groups excluding tert-OH is 1. The lowest BCUT2D eigenvalue weighted by atomic mass is 10.4. The SMILES string of the molecule is O=S(=O)([O-])C[N+]1(CCO)C=NCC1. The third kappa shape index (κ3) is 3.03. The first kappa shape index (κ1) is 10.6. The molecule has 0 fully saturated rings. The van der Waals surface area contributed by atoms with Gasteiger partial charge >= 0.3 is 0 Å². The molecule has 1 atom stereocenters. The maximum Gasteiger partial charge on any atom is 0.186 e. The number of hydrogen-bond donors (Lipinski definition) is 1. The average Bonchev–Trinajstić information content (AvgIpc) is 2.33. The highest BCUT2D eigenvalue weighted by molar-refractivity contribution is 7.85. The van der Waals surface area contributed by atoms with Gasteiger partial charge in [0.1, 0.15) is 23.2 Å². The molecule has 7 heteroatoms. The van der Waals surface area contributed by atoms with E-state index in [1.54, 1.807) is 0 Å². The number of quaternary nitrogens is 1. The van der Waals surface area contributed by atoms with E-state index < -0.39 is 16.0 Å². The smallest absolute Gasteiger partial charge is 0.186 e. The van der Waals surface area contributed by atoms with Gasteiger partial charge in [-0.1, -0.05) is 0 Å². The Morgan fingerprint density at radius 1 is 1.62 bits per heavy atom. The molecule has 1 aliphatic heterocycles. The van der Waals surface area contributed by atoms with Crippen molar-refractivity contribution < 1.29 is 22.6 Å². The summed E-state index contributed by atoms with van der Waals surface area (Å²) in [5.41, 5.74) is 0. The molecule has 0 aromatic rings. The van der Waals surface area contributed by atoms with Crippen molar-refractivity contribution in [1.82, 2.24) is 0 Å². The number of aliphatic hydroxyl groups is 1. The Morgan fingerprint density at radius 2 is 2.31 bits per heavy atom. The quantitative estimate of drug-likeness (QED) is 0.442. The van der Waals surface area contributed by atoms with E-state index in [1.165, 1.54) is 6.34 Å². The van der Waals surface area contributed by atoms with Crippen LogP contribution in [0.25, 0.3) is 0 Å². The summed E-state index contributed by atoms with van der Waals surface area (Å²) in [6, 6.07) is 0. The fraction of sp³-hybridized carbons (Fsp3) is 0.833. The minimum atomic E-state index is -4.27. The van der Waals surface area contributed by atoms with Gasteiger partial charge in [-0.15, -0.1) is 0 Å². The molecule has 0 saturated heterocycles. The topological polar surface area (TPSA) is 89.8 Å². The first-order chi connectivity index (χ1) is 5.97. The highest BCUT2D eigenvalue weighted by Gasteiger charge is 2.30. The molecule has 0 spiro atoms. The molecule has 76 valence electrons. The summed E-state index contributed by atoms with van der Waals surface area (Å²) in [7, 11) is -4.27. The molecular weight excluding hydrogens is 196 g/mol. The second kappa shape index (κ2) is 3.70. The summed E-state index contributed by atoms with van der Waals surface area (Å²) < 4.78 is 31.6. The molecule has 1 aliphatic rings. The van der Waals surface area contributed by atoms with Crippen LogP contribution in [0.5, 0.6) is 0 Å². The first-order valence-electron chi connectivity index (χ1n) is 3.89. The van der Waals surface area contributed by atoms with Crippen LogP contribution >= 0.6 is 0 Å². The predicted molar refractivity (Wildman–Crippen MR) is 45.0 cm³/mol. The lowest BCUT2D eigenvalue weighted by Crippen LogP contribution is -2.50. The maximum atomic E-state index is 10.6. The lowest BCUT2D eigenvalue weighted by molar-refractivity contribution is -0.816. The molecule has 0 aliphatic carbocycles. The van der Waals surface area contributed by atoms with Crippen molar-refractivity contribution in [2.45, 2.75) is 0 Å². The van der Waals surface area contributed by atoms with Gasteiger partial charge in [0.05, 0.1) is 13.2 Å². The van der Waals surface area contributed by atoms with Crippen LogP contribution < -0.4 is 0 Å². The third-order valence-electron chi connectivity index (χ3n) is 1.96. The van der Waals surface area contributed by atoms with Crippen LogP contribution in [0.2, 0.25) is 0 Å². The Morgan fingerprint density at radius 3 is 2.69 bits per heavy atom. The van der Waals surface area contributed by atoms with Gasteiger partial charge in [-0.05, 0) is 0 Å². The van der Waals surface area contributed by atoms with E-state index >= 15 is 0 Å². The zero-order valence-corrected chi connectivity index (χ0v) is 7.90. The van der Waals surface area contributed by atoms with Crippen molar-refractivity contribution in [2.24, 2.45) is 4.99 Å². The third-order valence-corrected chi connectivity index (χ3v) is 2.79. The van der Waals surface area contributed by atoms with Gasteiger partial charge in [-0.2, -0.15) is 0 Å². The largest absolute Gasteiger partial charge is 0.744 e. The second-order valence-electron chi connectivity index (χ2n) is 3.10. The van der Waals surface area contributed by atoms with Gasteiger partial charge in [0.25, 0.3) is 0 Å². The molecule has 0 aromatic carbocycles. The molecule has 0 aromatic heterocycles. The summed E-state index contributed by atoms with van der Waals surface area (Å²) in [5, 5.41) is 8.71. The molecule has 0 amide bonds. The van der Waals surface area contributed by atoms with Gasteiger partial charge in [0.2, 0.25) is 0 Å². The van der Waals surface area contributed by atoms with Crippen LogP contribution in [0.1, 0.15) is 0 Å². The summed E-state index contributed by atoms with van der Waals surface area (Å²) in [6.45, 7) is 1.06. The zero-order valence-electron chi connectivity index (χ0n) is 7.09. The number of nitrogens with zero attached hydrogens (tertiary/aromatic N) is 2. The van der Waals surface area contributed by atoms with E-state index in [2.05, 4.69) is 4.99 Å². The first-order valence-corrected chi connectivity index (χ1v) is 5.46. The van der Waals surface area contributed by atoms with E-state index in [1.807, 2.05) is 0 Å². The monoisotopic (exact) mass is 208 g/mol. The fourth-order valence-corrected chi connectivity index (χ4v) is 2.35. The maximum absolute atomic E-state index is 10.6. The van der Waals surface area contributed by atoms with Gasteiger partial charge < -0.3 is 9.66 Å². The van der Waals surface area contributed by atoms with Crippen LogP contribution in [0.4, 0.5) is 0 Å². The predicted octanol–water partition coefficient (Wildman–Crippen LogP) is -1.66. The minimum absolute atomic E-state index is 0.0394. The van der Waals surface area contributed by atoms with E-state index in [4.69, 9.17) is 5.11 Å². The molecule has 6 nitrogen and oxygen atoms in total. The van der Waals surface area contributed by atoms with Gasteiger partial charge in [0.15, 0.2) is 12.2 Å².